The second-order valence-corrected chi connectivity index (χ2v) is 9.59. The number of halogens is 6. The molecule has 0 radical (unpaired) electrons. The van der Waals surface area contributed by atoms with E-state index in [4.69, 9.17) is 11.6 Å². The van der Waals surface area contributed by atoms with Crippen molar-refractivity contribution >= 4 is 23.0 Å². The molecule has 0 aromatic heterocycles. The van der Waals surface area contributed by atoms with E-state index in [1.54, 1.807) is 20.8 Å². The van der Waals surface area contributed by atoms with Crippen LogP contribution in [0, 0.1) is 23.5 Å². The number of hydrogen-bond acceptors (Lipinski definition) is 2. The fraction of sp³-hybridized carbons (Fsp3) is 0.625. The van der Waals surface area contributed by atoms with Crippen molar-refractivity contribution in [2.45, 2.75) is 50.6 Å². The molecule has 0 bridgehead atoms. The third-order valence-corrected chi connectivity index (χ3v) is 6.23. The number of nitrogens with one attached hydrogen (secondary N) is 1. The maximum absolute atomic E-state index is 14.4. The van der Waals surface area contributed by atoms with Gasteiger partial charge in [-0.1, -0.05) is 17.7 Å². The minimum Gasteiger partial charge on any atom is -0.598 e. The molecule has 1 fully saturated rings. The van der Waals surface area contributed by atoms with Gasteiger partial charge in [0.25, 0.3) is 0 Å². The molecule has 1 N–H and O–H groups in total. The highest BCUT2D eigenvalue weighted by Crippen LogP contribution is 2.50. The highest BCUT2D eigenvalue weighted by molar-refractivity contribution is 7.90. The van der Waals surface area contributed by atoms with E-state index < -0.39 is 56.8 Å². The van der Waals surface area contributed by atoms with Crippen molar-refractivity contribution in [1.82, 2.24) is 4.72 Å². The first-order valence-electron chi connectivity index (χ1n) is 7.70. The number of rotatable bonds is 4. The molecule has 1 saturated carbocycles. The normalized spacial score (nSPS) is 23.9. The summed E-state index contributed by atoms with van der Waals surface area (Å²) in [5.74, 6) is -4.04. The van der Waals surface area contributed by atoms with Gasteiger partial charge < -0.3 is 4.55 Å². The van der Waals surface area contributed by atoms with Gasteiger partial charge in [0, 0.05) is 16.9 Å². The second kappa shape index (κ2) is 7.21. The van der Waals surface area contributed by atoms with Gasteiger partial charge in [-0.05, 0) is 45.6 Å². The maximum Gasteiger partial charge on any atom is 0.391 e. The zero-order valence-corrected chi connectivity index (χ0v) is 15.5. The van der Waals surface area contributed by atoms with Crippen molar-refractivity contribution in [3.8, 4) is 0 Å². The van der Waals surface area contributed by atoms with Crippen LogP contribution in [-0.2, 0) is 11.4 Å². The zero-order chi connectivity index (χ0) is 19.2. The van der Waals surface area contributed by atoms with E-state index in [1.165, 1.54) is 0 Å². The lowest BCUT2D eigenvalue weighted by Crippen LogP contribution is -2.47. The molecule has 0 saturated heterocycles. The van der Waals surface area contributed by atoms with Crippen molar-refractivity contribution in [3.05, 3.63) is 34.4 Å². The van der Waals surface area contributed by atoms with E-state index >= 15 is 0 Å². The first kappa shape index (κ1) is 20.7. The SMILES string of the molecule is CC(C)(C)[S@@+]([O-])NC(c1ccc(F)c(Cl)c1F)[C@H]1C[C@H](C(F)(F)F)C1. The highest BCUT2D eigenvalue weighted by atomic mass is 35.5. The largest absolute Gasteiger partial charge is 0.598 e. The summed E-state index contributed by atoms with van der Waals surface area (Å²) in [6.07, 6.45) is -4.74. The van der Waals surface area contributed by atoms with E-state index in [9.17, 15) is 26.5 Å². The molecule has 1 aromatic carbocycles. The summed E-state index contributed by atoms with van der Waals surface area (Å²) in [7, 11) is 0. The van der Waals surface area contributed by atoms with Gasteiger partial charge in [0.1, 0.15) is 21.4 Å². The molecular formula is C16H19ClF5NOS. The standard InChI is InChI=1S/C16H19ClF5NOS/c1-15(2,3)25(24)23-14(8-6-9(7-8)16(20,21)22)10-4-5-11(18)12(17)13(10)19/h4-5,8-9,14,23H,6-7H2,1-3H3/t8-,9-,14?,25-/m1/s1. The van der Waals surface area contributed by atoms with Gasteiger partial charge >= 0.3 is 6.18 Å². The van der Waals surface area contributed by atoms with Crippen LogP contribution in [0.3, 0.4) is 0 Å². The molecule has 0 amide bonds. The van der Waals surface area contributed by atoms with Gasteiger partial charge in [0.2, 0.25) is 0 Å². The number of alkyl halides is 3. The predicted molar refractivity (Wildman–Crippen MR) is 87.4 cm³/mol. The molecule has 1 aliphatic rings. The van der Waals surface area contributed by atoms with E-state index in [1.807, 2.05) is 0 Å². The molecule has 9 heteroatoms. The van der Waals surface area contributed by atoms with Gasteiger partial charge in [-0.25, -0.2) is 8.78 Å². The minimum atomic E-state index is -4.32. The topological polar surface area (TPSA) is 35.1 Å². The maximum atomic E-state index is 14.4. The van der Waals surface area contributed by atoms with Crippen LogP contribution in [0.2, 0.25) is 5.02 Å². The summed E-state index contributed by atoms with van der Waals surface area (Å²) >= 11 is 3.94. The molecular weight excluding hydrogens is 385 g/mol. The van der Waals surface area contributed by atoms with E-state index in [2.05, 4.69) is 4.72 Å². The molecule has 0 heterocycles. The monoisotopic (exact) mass is 403 g/mol. The van der Waals surface area contributed by atoms with Gasteiger partial charge in [-0.3, -0.25) is 0 Å². The Morgan fingerprint density at radius 1 is 1.20 bits per heavy atom. The van der Waals surface area contributed by atoms with Crippen LogP contribution in [0.5, 0.6) is 0 Å². The molecule has 1 unspecified atom stereocenters. The lowest BCUT2D eigenvalue weighted by Gasteiger charge is -2.42. The lowest BCUT2D eigenvalue weighted by molar-refractivity contribution is -0.206. The van der Waals surface area contributed by atoms with Crippen LogP contribution in [0.1, 0.15) is 45.2 Å². The van der Waals surface area contributed by atoms with Crippen LogP contribution >= 0.6 is 11.6 Å². The van der Waals surface area contributed by atoms with Crippen LogP contribution in [-0.4, -0.2) is 15.5 Å². The third kappa shape index (κ3) is 4.59. The van der Waals surface area contributed by atoms with Gasteiger partial charge in [0.05, 0.1) is 12.0 Å². The summed E-state index contributed by atoms with van der Waals surface area (Å²) in [6.45, 7) is 5.04. The van der Waals surface area contributed by atoms with Crippen molar-refractivity contribution in [2.24, 2.45) is 11.8 Å². The van der Waals surface area contributed by atoms with Crippen LogP contribution in [0.4, 0.5) is 22.0 Å². The Morgan fingerprint density at radius 2 is 1.76 bits per heavy atom. The molecule has 0 aliphatic heterocycles. The molecule has 25 heavy (non-hydrogen) atoms. The Balaban J connectivity index is 2.30. The lowest BCUT2D eigenvalue weighted by atomic mass is 9.69. The van der Waals surface area contributed by atoms with Gasteiger partial charge in [-0.15, -0.1) is 4.72 Å². The highest BCUT2D eigenvalue weighted by Gasteiger charge is 2.51. The van der Waals surface area contributed by atoms with Crippen molar-refractivity contribution in [1.29, 1.82) is 0 Å². The van der Waals surface area contributed by atoms with E-state index in [0.717, 1.165) is 12.1 Å². The van der Waals surface area contributed by atoms with E-state index in [-0.39, 0.29) is 18.4 Å². The summed E-state index contributed by atoms with van der Waals surface area (Å²) in [6, 6.07) is 1.14. The molecule has 0 spiro atoms. The molecule has 1 aliphatic carbocycles. The van der Waals surface area contributed by atoms with Gasteiger partial charge in [0.15, 0.2) is 0 Å². The molecule has 2 atom stereocenters. The van der Waals surface area contributed by atoms with E-state index in [0.29, 0.717) is 0 Å². The first-order valence-corrected chi connectivity index (χ1v) is 9.23. The molecule has 1 aromatic rings. The molecule has 2 nitrogen and oxygen atoms in total. The molecule has 2 rings (SSSR count). The van der Waals surface area contributed by atoms with Crippen LogP contribution < -0.4 is 4.72 Å². The Bertz CT molecular complexity index is 628. The van der Waals surface area contributed by atoms with Crippen LogP contribution in [0.15, 0.2) is 12.1 Å². The fourth-order valence-electron chi connectivity index (χ4n) is 2.69. The van der Waals surface area contributed by atoms with Crippen molar-refractivity contribution in [3.63, 3.8) is 0 Å². The van der Waals surface area contributed by atoms with Crippen molar-refractivity contribution < 1.29 is 26.5 Å². The van der Waals surface area contributed by atoms with Crippen molar-refractivity contribution in [2.75, 3.05) is 0 Å². The Morgan fingerprint density at radius 3 is 2.24 bits per heavy atom. The number of hydrogen-bond donors (Lipinski definition) is 1. The second-order valence-electron chi connectivity index (χ2n) is 7.21. The van der Waals surface area contributed by atoms with Crippen LogP contribution in [0.25, 0.3) is 0 Å². The smallest absolute Gasteiger partial charge is 0.391 e. The Kier molecular flexibility index (Phi) is 5.98. The molecule has 142 valence electrons. The summed E-state index contributed by atoms with van der Waals surface area (Å²) in [5.41, 5.74) is -0.0744. The minimum absolute atomic E-state index is 0.0744. The summed E-state index contributed by atoms with van der Waals surface area (Å²) in [5, 5.41) is -0.725. The summed E-state index contributed by atoms with van der Waals surface area (Å²) in [4.78, 5) is 0. The summed E-state index contributed by atoms with van der Waals surface area (Å²) < 4.78 is 80.5. The van der Waals surface area contributed by atoms with Gasteiger partial charge in [-0.2, -0.15) is 13.2 Å². The fourth-order valence-corrected chi connectivity index (χ4v) is 3.76. The first-order chi connectivity index (χ1) is 11.3. The average molecular weight is 404 g/mol. The zero-order valence-electron chi connectivity index (χ0n) is 13.9. The predicted octanol–water partition coefficient (Wildman–Crippen LogP) is 5.30. The Hall–Kier alpha value is -0.570. The Labute approximate surface area is 151 Å². The number of benzene rings is 1. The quantitative estimate of drug-likeness (QED) is 0.420. The third-order valence-electron chi connectivity index (χ3n) is 4.30. The average Bonchev–Trinajstić information content (AvgIpc) is 2.40.